The van der Waals surface area contributed by atoms with Gasteiger partial charge in [-0.1, -0.05) is 30.3 Å². The summed E-state index contributed by atoms with van der Waals surface area (Å²) < 4.78 is 10.7. The van der Waals surface area contributed by atoms with E-state index in [0.717, 1.165) is 10.8 Å². The van der Waals surface area contributed by atoms with Gasteiger partial charge in [0.15, 0.2) is 0 Å². The quantitative estimate of drug-likeness (QED) is 0.785. The zero-order valence-corrected chi connectivity index (χ0v) is 11.0. The van der Waals surface area contributed by atoms with Crippen LogP contribution in [-0.2, 0) is 4.74 Å². The summed E-state index contributed by atoms with van der Waals surface area (Å²) in [4.78, 5) is 0. The van der Waals surface area contributed by atoms with Crippen LogP contribution < -0.4 is 10.2 Å². The van der Waals surface area contributed by atoms with Gasteiger partial charge in [0.05, 0.1) is 6.10 Å². The average Bonchev–Trinajstić information content (AvgIpc) is 2.43. The van der Waals surface area contributed by atoms with Crippen molar-refractivity contribution >= 4 is 23.4 Å². The fourth-order valence-corrected chi connectivity index (χ4v) is 1.94. The molecule has 0 spiro atoms. The number of hydrogen-bond donors (Lipinski definition) is 2. The van der Waals surface area contributed by atoms with Crippen LogP contribution in [0.25, 0.3) is 10.8 Å². The van der Waals surface area contributed by atoms with E-state index in [1.54, 1.807) is 13.2 Å². The van der Waals surface area contributed by atoms with Crippen molar-refractivity contribution < 1.29 is 19.5 Å². The van der Waals surface area contributed by atoms with E-state index in [1.165, 1.54) is 0 Å². The van der Waals surface area contributed by atoms with Gasteiger partial charge in [0, 0.05) is 12.6 Å². The van der Waals surface area contributed by atoms with Crippen molar-refractivity contribution in [2.45, 2.75) is 13.0 Å². The lowest BCUT2D eigenvalue weighted by Crippen LogP contribution is -2.33. The Balaban J connectivity index is 2.40. The van der Waals surface area contributed by atoms with Gasteiger partial charge in [-0.15, -0.1) is 0 Å². The normalized spacial score (nSPS) is 12.4. The van der Waals surface area contributed by atoms with Crippen LogP contribution in [0, 0.1) is 0 Å². The smallest absolute Gasteiger partial charge is 0.491 e. The molecule has 0 amide bonds. The first-order valence-corrected chi connectivity index (χ1v) is 6.17. The summed E-state index contributed by atoms with van der Waals surface area (Å²) >= 11 is 0. The summed E-state index contributed by atoms with van der Waals surface area (Å²) in [6.45, 7) is 2.24. The molecule has 0 radical (unpaired) electrons. The Morgan fingerprint density at radius 1 is 1.16 bits per heavy atom. The Bertz CT molecular complexity index is 556. The van der Waals surface area contributed by atoms with Crippen molar-refractivity contribution in [1.29, 1.82) is 0 Å². The van der Waals surface area contributed by atoms with Gasteiger partial charge in [0.25, 0.3) is 0 Å². The maximum atomic E-state index is 9.57. The Labute approximate surface area is 112 Å². The van der Waals surface area contributed by atoms with E-state index in [-0.39, 0.29) is 6.10 Å². The second kappa shape index (κ2) is 6.06. The third kappa shape index (κ3) is 3.07. The summed E-state index contributed by atoms with van der Waals surface area (Å²) in [5.74, 6) is 0.470. The van der Waals surface area contributed by atoms with Crippen LogP contribution in [0.2, 0.25) is 0 Å². The third-order valence-electron chi connectivity index (χ3n) is 3.06. The van der Waals surface area contributed by atoms with Gasteiger partial charge in [-0.3, -0.25) is 0 Å². The molecule has 0 bridgehead atoms. The van der Waals surface area contributed by atoms with Crippen LogP contribution in [0.5, 0.6) is 5.75 Å². The predicted octanol–water partition coefficient (Wildman–Crippen LogP) is 0.933. The van der Waals surface area contributed by atoms with Crippen LogP contribution in [0.15, 0.2) is 36.4 Å². The van der Waals surface area contributed by atoms with Crippen LogP contribution in [-0.4, -0.2) is 37.0 Å². The molecule has 2 N–H and O–H groups in total. The Kier molecular flexibility index (Phi) is 4.42. The van der Waals surface area contributed by atoms with E-state index in [0.29, 0.717) is 17.8 Å². The molecule has 100 valence electrons. The minimum Gasteiger partial charge on any atom is -0.491 e. The second-order valence-corrected chi connectivity index (χ2v) is 4.43. The molecule has 19 heavy (non-hydrogen) atoms. The van der Waals surface area contributed by atoms with Crippen molar-refractivity contribution in [3.05, 3.63) is 36.4 Å². The molecule has 0 saturated heterocycles. The molecule has 2 aromatic rings. The van der Waals surface area contributed by atoms with Crippen LogP contribution in [0.3, 0.4) is 0 Å². The molecule has 0 saturated carbocycles. The number of ether oxygens (including phenoxy) is 2. The topological polar surface area (TPSA) is 58.9 Å². The Morgan fingerprint density at radius 2 is 1.89 bits per heavy atom. The summed E-state index contributed by atoms with van der Waals surface area (Å²) in [6, 6.07) is 11.2. The number of rotatable bonds is 5. The minimum absolute atomic E-state index is 0.0600. The zero-order chi connectivity index (χ0) is 13.8. The number of fused-ring (bicyclic) bond motifs is 1. The summed E-state index contributed by atoms with van der Waals surface area (Å²) in [5.41, 5.74) is 0.390. The van der Waals surface area contributed by atoms with Crippen molar-refractivity contribution in [3.63, 3.8) is 0 Å². The SMILES string of the molecule is COC(C)COc1ccc2ccccc2c1B(O)O. The van der Waals surface area contributed by atoms with Gasteiger partial charge in [-0.2, -0.15) is 0 Å². The van der Waals surface area contributed by atoms with Gasteiger partial charge in [-0.05, 0) is 23.8 Å². The molecule has 0 aliphatic rings. The number of benzene rings is 2. The lowest BCUT2D eigenvalue weighted by Gasteiger charge is -2.16. The van der Waals surface area contributed by atoms with Gasteiger partial charge >= 0.3 is 7.12 Å². The summed E-state index contributed by atoms with van der Waals surface area (Å²) in [5, 5.41) is 20.9. The first kappa shape index (κ1) is 13.9. The van der Waals surface area contributed by atoms with Gasteiger partial charge < -0.3 is 19.5 Å². The highest BCUT2D eigenvalue weighted by molar-refractivity contribution is 6.63. The highest BCUT2D eigenvalue weighted by Gasteiger charge is 2.20. The van der Waals surface area contributed by atoms with E-state index in [2.05, 4.69) is 0 Å². The van der Waals surface area contributed by atoms with E-state index in [9.17, 15) is 10.0 Å². The molecule has 1 unspecified atom stereocenters. The number of methoxy groups -OCH3 is 1. The first-order valence-electron chi connectivity index (χ1n) is 6.17. The summed E-state index contributed by atoms with van der Waals surface area (Å²) in [6.07, 6.45) is -0.0600. The van der Waals surface area contributed by atoms with Gasteiger partial charge in [0.2, 0.25) is 0 Å². The number of hydrogen-bond acceptors (Lipinski definition) is 4. The molecule has 2 rings (SSSR count). The molecule has 5 heteroatoms. The van der Waals surface area contributed by atoms with E-state index < -0.39 is 7.12 Å². The van der Waals surface area contributed by atoms with Crippen LogP contribution in [0.1, 0.15) is 6.92 Å². The van der Waals surface area contributed by atoms with Crippen LogP contribution in [0.4, 0.5) is 0 Å². The molecule has 4 nitrogen and oxygen atoms in total. The highest BCUT2D eigenvalue weighted by atomic mass is 16.5. The van der Waals surface area contributed by atoms with Gasteiger partial charge in [-0.25, -0.2) is 0 Å². The van der Waals surface area contributed by atoms with E-state index >= 15 is 0 Å². The molecular weight excluding hydrogens is 243 g/mol. The molecule has 1 atom stereocenters. The average molecular weight is 260 g/mol. The fraction of sp³-hybridized carbons (Fsp3) is 0.286. The lowest BCUT2D eigenvalue weighted by atomic mass is 9.76. The highest BCUT2D eigenvalue weighted by Crippen LogP contribution is 2.19. The standard InChI is InChI=1S/C14H17BO4/c1-10(18-2)9-19-13-8-7-11-5-3-4-6-12(11)14(13)15(16)17/h3-8,10,16-17H,9H2,1-2H3. The molecule has 0 aliphatic heterocycles. The van der Waals surface area contributed by atoms with E-state index in [1.807, 2.05) is 37.3 Å². The molecule has 2 aromatic carbocycles. The molecule has 0 aromatic heterocycles. The zero-order valence-electron chi connectivity index (χ0n) is 11.0. The molecule has 0 aliphatic carbocycles. The van der Waals surface area contributed by atoms with Crippen LogP contribution >= 0.6 is 0 Å². The van der Waals surface area contributed by atoms with Crippen molar-refractivity contribution in [2.24, 2.45) is 0 Å². The largest absolute Gasteiger partial charge is 0.492 e. The third-order valence-corrected chi connectivity index (χ3v) is 3.06. The molecule has 0 fully saturated rings. The lowest BCUT2D eigenvalue weighted by molar-refractivity contribution is 0.0720. The monoisotopic (exact) mass is 260 g/mol. The minimum atomic E-state index is -1.57. The molecular formula is C14H17BO4. The second-order valence-electron chi connectivity index (χ2n) is 4.43. The maximum Gasteiger partial charge on any atom is 0.492 e. The van der Waals surface area contributed by atoms with Crippen molar-refractivity contribution in [2.75, 3.05) is 13.7 Å². The first-order chi connectivity index (χ1) is 9.13. The van der Waals surface area contributed by atoms with E-state index in [4.69, 9.17) is 9.47 Å². The summed E-state index contributed by atoms with van der Waals surface area (Å²) in [7, 11) is 0.0369. The Hall–Kier alpha value is -1.56. The van der Waals surface area contributed by atoms with Crippen molar-refractivity contribution in [1.82, 2.24) is 0 Å². The maximum absolute atomic E-state index is 9.57. The fourth-order valence-electron chi connectivity index (χ4n) is 1.94. The van der Waals surface area contributed by atoms with Gasteiger partial charge in [0.1, 0.15) is 12.4 Å². The molecule has 0 heterocycles. The predicted molar refractivity (Wildman–Crippen MR) is 75.7 cm³/mol. The van der Waals surface area contributed by atoms with Crippen molar-refractivity contribution in [3.8, 4) is 5.75 Å². The Morgan fingerprint density at radius 3 is 2.58 bits per heavy atom.